The minimum Gasteiger partial charge on any atom is -0.444 e. The number of rotatable bonds is 2. The van der Waals surface area contributed by atoms with E-state index in [1.807, 2.05) is 43.9 Å². The van der Waals surface area contributed by atoms with Gasteiger partial charge in [0.05, 0.1) is 5.54 Å². The molecule has 3 rings (SSSR count). The highest BCUT2D eigenvalue weighted by molar-refractivity contribution is 9.10. The second-order valence-electron chi connectivity index (χ2n) is 7.80. The van der Waals surface area contributed by atoms with E-state index in [1.54, 1.807) is 0 Å². The van der Waals surface area contributed by atoms with Crippen molar-refractivity contribution in [1.29, 1.82) is 0 Å². The molecule has 2 fully saturated rings. The van der Waals surface area contributed by atoms with Gasteiger partial charge in [0.15, 0.2) is 0 Å². The van der Waals surface area contributed by atoms with Gasteiger partial charge in [-0.15, -0.1) is 0 Å². The molecule has 1 spiro atoms. The molecule has 0 unspecified atom stereocenters. The second kappa shape index (κ2) is 6.50. The molecular formula is C18H24BrClN2O2. The molecule has 2 aliphatic rings. The lowest BCUT2D eigenvalue weighted by atomic mass is 10.1. The van der Waals surface area contributed by atoms with Gasteiger partial charge in [0.25, 0.3) is 0 Å². The van der Waals surface area contributed by atoms with Crippen LogP contribution in [0.4, 0.5) is 4.79 Å². The van der Waals surface area contributed by atoms with Crippen molar-refractivity contribution in [1.82, 2.24) is 9.80 Å². The summed E-state index contributed by atoms with van der Waals surface area (Å²) in [6.07, 6.45) is 1.93. The van der Waals surface area contributed by atoms with E-state index < -0.39 is 5.60 Å². The molecule has 0 radical (unpaired) electrons. The van der Waals surface area contributed by atoms with E-state index in [0.717, 1.165) is 42.0 Å². The van der Waals surface area contributed by atoms with E-state index >= 15 is 0 Å². The molecule has 132 valence electrons. The van der Waals surface area contributed by atoms with Crippen molar-refractivity contribution in [2.24, 2.45) is 0 Å². The molecule has 1 heterocycles. The van der Waals surface area contributed by atoms with Crippen LogP contribution >= 0.6 is 27.5 Å². The molecule has 1 aromatic carbocycles. The van der Waals surface area contributed by atoms with Crippen molar-refractivity contribution in [2.45, 2.75) is 51.3 Å². The Morgan fingerprint density at radius 3 is 2.67 bits per heavy atom. The van der Waals surface area contributed by atoms with Crippen molar-refractivity contribution in [3.63, 3.8) is 0 Å². The summed E-state index contributed by atoms with van der Waals surface area (Å²) in [6, 6.07) is 5.88. The van der Waals surface area contributed by atoms with Gasteiger partial charge in [-0.05, 0) is 57.4 Å². The Bertz CT molecular complexity index is 640. The van der Waals surface area contributed by atoms with Crippen molar-refractivity contribution >= 4 is 33.6 Å². The van der Waals surface area contributed by atoms with E-state index in [1.165, 1.54) is 5.56 Å². The average molecular weight is 416 g/mol. The summed E-state index contributed by atoms with van der Waals surface area (Å²) in [5.41, 5.74) is 0.700. The number of amides is 1. The molecule has 1 aliphatic heterocycles. The summed E-state index contributed by atoms with van der Waals surface area (Å²) in [7, 11) is 0. The van der Waals surface area contributed by atoms with Gasteiger partial charge in [-0.1, -0.05) is 27.5 Å². The van der Waals surface area contributed by atoms with Crippen molar-refractivity contribution in [3.05, 3.63) is 33.3 Å². The van der Waals surface area contributed by atoms with Crippen LogP contribution in [0, 0.1) is 0 Å². The first kappa shape index (κ1) is 18.0. The number of ether oxygens (including phenoxy) is 1. The van der Waals surface area contributed by atoms with Gasteiger partial charge in [0, 0.05) is 35.7 Å². The molecule has 1 saturated heterocycles. The number of piperazine rings is 1. The molecule has 1 aromatic rings. The topological polar surface area (TPSA) is 32.8 Å². The summed E-state index contributed by atoms with van der Waals surface area (Å²) in [5.74, 6) is 0. The molecule has 24 heavy (non-hydrogen) atoms. The van der Waals surface area contributed by atoms with Crippen molar-refractivity contribution < 1.29 is 9.53 Å². The SMILES string of the molecule is CC(C)(C)OC(=O)N1CCN(Cc2cc(Cl)ccc2Br)CC12CC2. The molecule has 1 saturated carbocycles. The molecule has 1 aliphatic carbocycles. The lowest BCUT2D eigenvalue weighted by Crippen LogP contribution is -2.57. The average Bonchev–Trinajstić information content (AvgIpc) is 3.20. The fourth-order valence-corrected chi connectivity index (χ4v) is 3.84. The Morgan fingerprint density at radius 1 is 1.33 bits per heavy atom. The smallest absolute Gasteiger partial charge is 0.410 e. The number of carbonyl (C=O) groups excluding carboxylic acids is 1. The van der Waals surface area contributed by atoms with Crippen LogP contribution < -0.4 is 0 Å². The minimum atomic E-state index is -0.448. The Labute approximate surface area is 157 Å². The van der Waals surface area contributed by atoms with Crippen LogP contribution in [0.3, 0.4) is 0 Å². The summed E-state index contributed by atoms with van der Waals surface area (Å²) >= 11 is 9.72. The Morgan fingerprint density at radius 2 is 2.04 bits per heavy atom. The number of hydrogen-bond acceptors (Lipinski definition) is 3. The largest absolute Gasteiger partial charge is 0.444 e. The number of hydrogen-bond donors (Lipinski definition) is 0. The molecule has 0 bridgehead atoms. The monoisotopic (exact) mass is 414 g/mol. The predicted octanol–water partition coefficient (Wildman–Crippen LogP) is 4.69. The summed E-state index contributed by atoms with van der Waals surface area (Å²) < 4.78 is 6.66. The maximum absolute atomic E-state index is 12.5. The fraction of sp³-hybridized carbons (Fsp3) is 0.611. The molecule has 6 heteroatoms. The van der Waals surface area contributed by atoms with Gasteiger partial charge >= 0.3 is 6.09 Å². The van der Waals surface area contributed by atoms with E-state index in [9.17, 15) is 4.79 Å². The number of nitrogens with zero attached hydrogens (tertiary/aromatic N) is 2. The third-order valence-corrected chi connectivity index (χ3v) is 5.58. The van der Waals surface area contributed by atoms with Gasteiger partial charge in [-0.3, -0.25) is 9.80 Å². The van der Waals surface area contributed by atoms with Crippen molar-refractivity contribution in [2.75, 3.05) is 19.6 Å². The fourth-order valence-electron chi connectivity index (χ4n) is 3.27. The van der Waals surface area contributed by atoms with Crippen LogP contribution in [0.25, 0.3) is 0 Å². The predicted molar refractivity (Wildman–Crippen MR) is 99.3 cm³/mol. The number of carbonyl (C=O) groups is 1. The van der Waals surface area contributed by atoms with E-state index in [0.29, 0.717) is 6.54 Å². The van der Waals surface area contributed by atoms with Crippen LogP contribution in [-0.2, 0) is 11.3 Å². The highest BCUT2D eigenvalue weighted by Crippen LogP contribution is 2.45. The van der Waals surface area contributed by atoms with Gasteiger partial charge < -0.3 is 4.74 Å². The Kier molecular flexibility index (Phi) is 4.89. The minimum absolute atomic E-state index is 0.0361. The molecule has 0 N–H and O–H groups in total. The van der Waals surface area contributed by atoms with Crippen LogP contribution in [0.2, 0.25) is 5.02 Å². The first-order chi connectivity index (χ1) is 11.2. The van der Waals surface area contributed by atoms with Crippen LogP contribution in [0.5, 0.6) is 0 Å². The maximum Gasteiger partial charge on any atom is 0.410 e. The normalized spacial score (nSPS) is 20.3. The summed E-state index contributed by atoms with van der Waals surface area (Å²) in [4.78, 5) is 16.8. The molecule has 0 atom stereocenters. The number of halogens is 2. The highest BCUT2D eigenvalue weighted by Gasteiger charge is 2.54. The zero-order valence-electron chi connectivity index (χ0n) is 14.4. The van der Waals surface area contributed by atoms with E-state index in [2.05, 4.69) is 20.8 Å². The van der Waals surface area contributed by atoms with Gasteiger partial charge in [-0.25, -0.2) is 4.79 Å². The molecule has 0 aromatic heterocycles. The van der Waals surface area contributed by atoms with E-state index in [4.69, 9.17) is 16.3 Å². The number of benzene rings is 1. The van der Waals surface area contributed by atoms with Gasteiger partial charge in [0.1, 0.15) is 5.60 Å². The highest BCUT2D eigenvalue weighted by atomic mass is 79.9. The Hall–Kier alpha value is -0.780. The van der Waals surface area contributed by atoms with E-state index in [-0.39, 0.29) is 11.6 Å². The van der Waals surface area contributed by atoms with Crippen LogP contribution in [-0.4, -0.2) is 46.7 Å². The quantitative estimate of drug-likeness (QED) is 0.702. The lowest BCUT2D eigenvalue weighted by molar-refractivity contribution is -0.00810. The van der Waals surface area contributed by atoms with Gasteiger partial charge in [0.2, 0.25) is 0 Å². The second-order valence-corrected chi connectivity index (χ2v) is 9.09. The van der Waals surface area contributed by atoms with Crippen LogP contribution in [0.15, 0.2) is 22.7 Å². The molecule has 4 nitrogen and oxygen atoms in total. The van der Waals surface area contributed by atoms with Gasteiger partial charge in [-0.2, -0.15) is 0 Å². The van der Waals surface area contributed by atoms with Crippen molar-refractivity contribution in [3.8, 4) is 0 Å². The maximum atomic E-state index is 12.5. The third-order valence-electron chi connectivity index (χ3n) is 4.57. The zero-order chi connectivity index (χ0) is 17.5. The van der Waals surface area contributed by atoms with Crippen LogP contribution in [0.1, 0.15) is 39.2 Å². The first-order valence-electron chi connectivity index (χ1n) is 8.35. The third kappa shape index (κ3) is 4.06. The Balaban J connectivity index is 1.66. The standard InChI is InChI=1S/C18H24BrClN2O2/c1-17(2,3)24-16(23)22-9-8-21(12-18(22)6-7-18)11-13-10-14(20)4-5-15(13)19/h4-5,10H,6-9,11-12H2,1-3H3. The molecular weight excluding hydrogens is 392 g/mol. The summed E-state index contributed by atoms with van der Waals surface area (Å²) in [5, 5.41) is 0.752. The zero-order valence-corrected chi connectivity index (χ0v) is 16.8. The molecule has 1 amide bonds. The summed E-state index contributed by atoms with van der Waals surface area (Å²) in [6.45, 7) is 9.04. The first-order valence-corrected chi connectivity index (χ1v) is 9.53. The lowest BCUT2D eigenvalue weighted by Gasteiger charge is -2.42.